The van der Waals surface area contributed by atoms with Crippen LogP contribution in [0.2, 0.25) is 0 Å². The van der Waals surface area contributed by atoms with Crippen molar-refractivity contribution in [2.45, 2.75) is 19.4 Å². The van der Waals surface area contributed by atoms with Gasteiger partial charge in [-0.1, -0.05) is 0 Å². The minimum absolute atomic E-state index is 0.0746. The molecule has 0 saturated heterocycles. The summed E-state index contributed by atoms with van der Waals surface area (Å²) in [6.45, 7) is 0.434. The molecule has 1 aromatic heterocycles. The van der Waals surface area contributed by atoms with Crippen LogP contribution in [-0.4, -0.2) is 45.5 Å². The maximum Gasteiger partial charge on any atom is 0.303 e. The summed E-state index contributed by atoms with van der Waals surface area (Å²) in [6.07, 6.45) is 0.534. The second-order valence-corrected chi connectivity index (χ2v) is 4.29. The Morgan fingerprint density at radius 1 is 1.29 bits per heavy atom. The van der Waals surface area contributed by atoms with Crippen molar-refractivity contribution in [3.05, 3.63) is 18.2 Å². The van der Waals surface area contributed by atoms with Crippen molar-refractivity contribution < 1.29 is 19.4 Å². The van der Waals surface area contributed by atoms with E-state index in [0.29, 0.717) is 30.3 Å². The number of aliphatic carboxylic acids is 1. The van der Waals surface area contributed by atoms with E-state index in [9.17, 15) is 4.79 Å². The maximum atomic E-state index is 10.5. The van der Waals surface area contributed by atoms with Crippen molar-refractivity contribution >= 4 is 5.97 Å². The summed E-state index contributed by atoms with van der Waals surface area (Å²) in [7, 11) is 3.12. The molecular formula is C13H16N4O4. The van der Waals surface area contributed by atoms with Gasteiger partial charge in [0.25, 0.3) is 0 Å². The van der Waals surface area contributed by atoms with Gasteiger partial charge in [-0.05, 0) is 35.0 Å². The molecule has 2 rings (SSSR count). The molecule has 0 unspecified atom stereocenters. The summed E-state index contributed by atoms with van der Waals surface area (Å²) in [5, 5.41) is 20.2. The zero-order chi connectivity index (χ0) is 15.2. The lowest BCUT2D eigenvalue weighted by atomic mass is 10.2. The number of aryl methyl sites for hydroxylation is 1. The fourth-order valence-corrected chi connectivity index (χ4v) is 1.92. The number of tetrazole rings is 1. The molecule has 0 aliphatic rings. The van der Waals surface area contributed by atoms with Crippen LogP contribution in [0.15, 0.2) is 18.2 Å². The van der Waals surface area contributed by atoms with Crippen LogP contribution >= 0.6 is 0 Å². The molecule has 0 aliphatic heterocycles. The quantitative estimate of drug-likeness (QED) is 0.819. The number of aromatic nitrogens is 4. The highest BCUT2D eigenvalue weighted by atomic mass is 16.5. The normalized spacial score (nSPS) is 10.4. The van der Waals surface area contributed by atoms with Gasteiger partial charge in [0.15, 0.2) is 17.3 Å². The molecule has 1 heterocycles. The fourth-order valence-electron chi connectivity index (χ4n) is 1.92. The zero-order valence-electron chi connectivity index (χ0n) is 11.8. The van der Waals surface area contributed by atoms with Gasteiger partial charge in [-0.3, -0.25) is 4.79 Å². The average Bonchev–Trinajstić information content (AvgIpc) is 2.94. The molecule has 0 fully saturated rings. The van der Waals surface area contributed by atoms with Crippen molar-refractivity contribution in [1.82, 2.24) is 20.2 Å². The number of hydrogen-bond acceptors (Lipinski definition) is 6. The van der Waals surface area contributed by atoms with E-state index in [0.717, 1.165) is 5.56 Å². The molecule has 0 bridgehead atoms. The number of ether oxygens (including phenoxy) is 2. The SMILES string of the molecule is COc1ccc(-c2nnnn2CCCC(=O)O)cc1OC. The van der Waals surface area contributed by atoms with E-state index in [-0.39, 0.29) is 6.42 Å². The van der Waals surface area contributed by atoms with Gasteiger partial charge in [0.05, 0.1) is 14.2 Å². The number of nitrogens with zero attached hydrogens (tertiary/aromatic N) is 4. The first-order valence-corrected chi connectivity index (χ1v) is 6.36. The van der Waals surface area contributed by atoms with E-state index >= 15 is 0 Å². The summed E-state index contributed by atoms with van der Waals surface area (Å²) in [5.74, 6) is 0.915. The van der Waals surface area contributed by atoms with Crippen molar-refractivity contribution in [2.24, 2.45) is 0 Å². The third kappa shape index (κ3) is 3.47. The molecule has 0 aliphatic carbocycles. The largest absolute Gasteiger partial charge is 0.493 e. The minimum atomic E-state index is -0.837. The van der Waals surface area contributed by atoms with Crippen LogP contribution < -0.4 is 9.47 Å². The number of hydrogen-bond donors (Lipinski definition) is 1. The molecular weight excluding hydrogens is 276 g/mol. The molecule has 8 nitrogen and oxygen atoms in total. The van der Waals surface area contributed by atoms with Gasteiger partial charge in [-0.25, -0.2) is 4.68 Å². The van der Waals surface area contributed by atoms with Gasteiger partial charge in [0.2, 0.25) is 0 Å². The Morgan fingerprint density at radius 3 is 2.71 bits per heavy atom. The molecule has 1 N–H and O–H groups in total. The van der Waals surface area contributed by atoms with E-state index in [1.165, 1.54) is 0 Å². The van der Waals surface area contributed by atoms with Crippen LogP contribution in [0, 0.1) is 0 Å². The first-order valence-electron chi connectivity index (χ1n) is 6.36. The van der Waals surface area contributed by atoms with E-state index in [1.807, 2.05) is 6.07 Å². The number of carbonyl (C=O) groups is 1. The zero-order valence-corrected chi connectivity index (χ0v) is 11.8. The third-order valence-corrected chi connectivity index (χ3v) is 2.93. The van der Waals surface area contributed by atoms with Crippen LogP contribution in [0.3, 0.4) is 0 Å². The minimum Gasteiger partial charge on any atom is -0.493 e. The van der Waals surface area contributed by atoms with Crippen LogP contribution in [0.5, 0.6) is 11.5 Å². The summed E-state index contributed by atoms with van der Waals surface area (Å²) >= 11 is 0. The number of carboxylic acids is 1. The number of benzene rings is 1. The molecule has 2 aromatic rings. The Labute approximate surface area is 121 Å². The third-order valence-electron chi connectivity index (χ3n) is 2.93. The Bertz CT molecular complexity index is 626. The van der Waals surface area contributed by atoms with Crippen molar-refractivity contribution in [1.29, 1.82) is 0 Å². The predicted molar refractivity (Wildman–Crippen MR) is 73.2 cm³/mol. The van der Waals surface area contributed by atoms with E-state index in [4.69, 9.17) is 14.6 Å². The molecule has 0 atom stereocenters. The number of methoxy groups -OCH3 is 2. The second-order valence-electron chi connectivity index (χ2n) is 4.29. The summed E-state index contributed by atoms with van der Waals surface area (Å²) in [5.41, 5.74) is 0.771. The van der Waals surface area contributed by atoms with E-state index < -0.39 is 5.97 Å². The van der Waals surface area contributed by atoms with Crippen LogP contribution in [0.25, 0.3) is 11.4 Å². The van der Waals surface area contributed by atoms with Crippen LogP contribution in [0.1, 0.15) is 12.8 Å². The van der Waals surface area contributed by atoms with E-state index in [2.05, 4.69) is 15.5 Å². The van der Waals surface area contributed by atoms with Gasteiger partial charge in [-0.2, -0.15) is 0 Å². The van der Waals surface area contributed by atoms with Gasteiger partial charge in [0.1, 0.15) is 0 Å². The summed E-state index contributed by atoms with van der Waals surface area (Å²) < 4.78 is 12.0. The molecule has 21 heavy (non-hydrogen) atoms. The average molecular weight is 292 g/mol. The molecule has 0 amide bonds. The first kappa shape index (κ1) is 14.8. The molecule has 0 spiro atoms. The lowest BCUT2D eigenvalue weighted by Gasteiger charge is -2.09. The number of carboxylic acid groups (broad SMARTS) is 1. The monoisotopic (exact) mass is 292 g/mol. The second kappa shape index (κ2) is 6.69. The first-order chi connectivity index (χ1) is 10.2. The highest BCUT2D eigenvalue weighted by Gasteiger charge is 2.12. The van der Waals surface area contributed by atoms with Crippen molar-refractivity contribution in [3.8, 4) is 22.9 Å². The lowest BCUT2D eigenvalue weighted by molar-refractivity contribution is -0.137. The summed E-state index contributed by atoms with van der Waals surface area (Å²) in [4.78, 5) is 10.5. The molecule has 112 valence electrons. The Morgan fingerprint density at radius 2 is 2.05 bits per heavy atom. The van der Waals surface area contributed by atoms with E-state index in [1.54, 1.807) is 31.0 Å². The smallest absolute Gasteiger partial charge is 0.303 e. The summed E-state index contributed by atoms with van der Waals surface area (Å²) in [6, 6.07) is 5.36. The molecule has 8 heteroatoms. The highest BCUT2D eigenvalue weighted by molar-refractivity contribution is 5.66. The van der Waals surface area contributed by atoms with Gasteiger partial charge < -0.3 is 14.6 Å². The molecule has 0 saturated carbocycles. The van der Waals surface area contributed by atoms with Gasteiger partial charge >= 0.3 is 5.97 Å². The Balaban J connectivity index is 2.22. The highest BCUT2D eigenvalue weighted by Crippen LogP contribution is 2.31. The van der Waals surface area contributed by atoms with Crippen LogP contribution in [0.4, 0.5) is 0 Å². The number of rotatable bonds is 7. The molecule has 0 radical (unpaired) electrons. The Kier molecular flexibility index (Phi) is 4.70. The molecule has 1 aromatic carbocycles. The topological polar surface area (TPSA) is 99.4 Å². The van der Waals surface area contributed by atoms with Gasteiger partial charge in [-0.15, -0.1) is 5.10 Å². The maximum absolute atomic E-state index is 10.5. The Hall–Kier alpha value is -2.64. The lowest BCUT2D eigenvalue weighted by Crippen LogP contribution is -2.05. The van der Waals surface area contributed by atoms with Crippen LogP contribution in [-0.2, 0) is 11.3 Å². The van der Waals surface area contributed by atoms with Gasteiger partial charge in [0, 0.05) is 18.5 Å². The fraction of sp³-hybridized carbons (Fsp3) is 0.385. The van der Waals surface area contributed by atoms with Crippen molar-refractivity contribution in [3.63, 3.8) is 0 Å². The van der Waals surface area contributed by atoms with Crippen molar-refractivity contribution in [2.75, 3.05) is 14.2 Å². The predicted octanol–water partition coefficient (Wildman–Crippen LogP) is 1.22. The standard InChI is InChI=1S/C13H16N4O4/c1-20-10-6-5-9(8-11(10)21-2)13-14-15-16-17(13)7-3-4-12(18)19/h5-6,8H,3-4,7H2,1-2H3,(H,18,19).